The summed E-state index contributed by atoms with van der Waals surface area (Å²) in [6.07, 6.45) is 17.0. The fourth-order valence-corrected chi connectivity index (χ4v) is 5.28. The van der Waals surface area contributed by atoms with Gasteiger partial charge in [-0.05, 0) is 70.9 Å². The normalized spacial score (nSPS) is 17.1. The van der Waals surface area contributed by atoms with E-state index in [1.165, 1.54) is 73.6 Å². The van der Waals surface area contributed by atoms with E-state index in [0.717, 1.165) is 35.5 Å². The SMILES string of the molecule is COc1c2cc(C(C)(C)C)cc1CCCCCCCCCCc1cc(C(C)(C)C)cc(c1OC)/C=C/2. The molecule has 0 saturated heterocycles. The highest BCUT2D eigenvalue weighted by Gasteiger charge is 2.21. The Hall–Kier alpha value is -2.22. The first kappa shape index (κ1) is 28.4. The maximum Gasteiger partial charge on any atom is 0.129 e. The minimum absolute atomic E-state index is 0.0810. The molecule has 1 aliphatic carbocycles. The highest BCUT2D eigenvalue weighted by Crippen LogP contribution is 2.37. The molecule has 0 amide bonds. The summed E-state index contributed by atoms with van der Waals surface area (Å²) in [4.78, 5) is 0. The molecule has 0 aromatic heterocycles. The van der Waals surface area contributed by atoms with Crippen LogP contribution in [0.5, 0.6) is 11.5 Å². The van der Waals surface area contributed by atoms with Gasteiger partial charge in [0.15, 0.2) is 0 Å². The van der Waals surface area contributed by atoms with Crippen LogP contribution in [0.15, 0.2) is 24.3 Å². The van der Waals surface area contributed by atoms with E-state index in [2.05, 4.69) is 78.0 Å². The summed E-state index contributed by atoms with van der Waals surface area (Å²) < 4.78 is 12.1. The van der Waals surface area contributed by atoms with Gasteiger partial charge in [-0.25, -0.2) is 0 Å². The van der Waals surface area contributed by atoms with Crippen LogP contribution in [-0.4, -0.2) is 14.2 Å². The molecule has 0 aliphatic heterocycles. The quantitative estimate of drug-likeness (QED) is 0.417. The van der Waals surface area contributed by atoms with Crippen LogP contribution in [0.3, 0.4) is 0 Å². The molecule has 0 atom stereocenters. The minimum atomic E-state index is 0.0810. The van der Waals surface area contributed by atoms with Crippen LogP contribution < -0.4 is 9.47 Å². The monoisotopic (exact) mass is 490 g/mol. The van der Waals surface area contributed by atoms with Crippen molar-refractivity contribution in [3.05, 3.63) is 57.6 Å². The van der Waals surface area contributed by atoms with Crippen molar-refractivity contribution >= 4 is 12.2 Å². The summed E-state index contributed by atoms with van der Waals surface area (Å²) in [5.74, 6) is 2.04. The fraction of sp³-hybridized carbons (Fsp3) is 0.588. The molecule has 0 unspecified atom stereocenters. The van der Waals surface area contributed by atoms with E-state index in [1.807, 2.05) is 14.2 Å². The maximum atomic E-state index is 6.03. The number of aryl methyl sites for hydroxylation is 2. The Kier molecular flexibility index (Phi) is 9.72. The van der Waals surface area contributed by atoms with E-state index in [0.29, 0.717) is 0 Å². The van der Waals surface area contributed by atoms with Gasteiger partial charge in [0.05, 0.1) is 14.2 Å². The van der Waals surface area contributed by atoms with Gasteiger partial charge in [-0.15, -0.1) is 0 Å². The van der Waals surface area contributed by atoms with Gasteiger partial charge in [0.25, 0.3) is 0 Å². The smallest absolute Gasteiger partial charge is 0.129 e. The van der Waals surface area contributed by atoms with Gasteiger partial charge < -0.3 is 9.47 Å². The Morgan fingerprint density at radius 1 is 0.500 bits per heavy atom. The number of benzene rings is 2. The zero-order valence-electron chi connectivity index (χ0n) is 24.4. The molecule has 0 spiro atoms. The van der Waals surface area contributed by atoms with Gasteiger partial charge in [0.2, 0.25) is 0 Å². The van der Waals surface area contributed by atoms with Crippen LogP contribution in [-0.2, 0) is 23.7 Å². The molecule has 2 nitrogen and oxygen atoms in total. The topological polar surface area (TPSA) is 18.5 Å². The van der Waals surface area contributed by atoms with E-state index in [9.17, 15) is 0 Å². The summed E-state index contributed by atoms with van der Waals surface area (Å²) >= 11 is 0. The molecule has 4 bridgehead atoms. The minimum Gasteiger partial charge on any atom is -0.496 e. The summed E-state index contributed by atoms with van der Waals surface area (Å²) in [5, 5.41) is 0. The molecule has 2 aromatic rings. The van der Waals surface area contributed by atoms with Crippen LogP contribution in [0.1, 0.15) is 126 Å². The highest BCUT2D eigenvalue weighted by atomic mass is 16.5. The lowest BCUT2D eigenvalue weighted by atomic mass is 9.83. The van der Waals surface area contributed by atoms with E-state index < -0.39 is 0 Å². The maximum absolute atomic E-state index is 6.03. The van der Waals surface area contributed by atoms with Crippen molar-refractivity contribution in [2.75, 3.05) is 14.2 Å². The average molecular weight is 491 g/mol. The number of rotatable bonds is 2. The lowest BCUT2D eigenvalue weighted by molar-refractivity contribution is 0.406. The second kappa shape index (κ2) is 12.3. The van der Waals surface area contributed by atoms with Gasteiger partial charge in [0.1, 0.15) is 11.5 Å². The molecule has 0 heterocycles. The third kappa shape index (κ3) is 7.40. The van der Waals surface area contributed by atoms with Crippen LogP contribution in [0, 0.1) is 0 Å². The van der Waals surface area contributed by atoms with Gasteiger partial charge in [-0.2, -0.15) is 0 Å². The van der Waals surface area contributed by atoms with Crippen molar-refractivity contribution in [3.63, 3.8) is 0 Å². The van der Waals surface area contributed by atoms with Crippen LogP contribution >= 0.6 is 0 Å². The Bertz CT molecular complexity index is 947. The first-order valence-electron chi connectivity index (χ1n) is 14.2. The first-order valence-corrected chi connectivity index (χ1v) is 14.2. The molecule has 36 heavy (non-hydrogen) atoms. The second-order valence-corrected chi connectivity index (χ2v) is 12.7. The number of hydrogen-bond donors (Lipinski definition) is 0. The number of ether oxygens (including phenoxy) is 2. The average Bonchev–Trinajstić information content (AvgIpc) is 2.81. The van der Waals surface area contributed by atoms with Crippen molar-refractivity contribution < 1.29 is 9.47 Å². The molecular formula is C34H50O2. The van der Waals surface area contributed by atoms with Crippen LogP contribution in [0.4, 0.5) is 0 Å². The molecule has 1 aliphatic rings. The van der Waals surface area contributed by atoms with Crippen molar-refractivity contribution in [2.45, 2.75) is 117 Å². The van der Waals surface area contributed by atoms with Crippen LogP contribution in [0.25, 0.3) is 12.2 Å². The van der Waals surface area contributed by atoms with E-state index >= 15 is 0 Å². The third-order valence-electron chi connectivity index (χ3n) is 7.61. The summed E-state index contributed by atoms with van der Waals surface area (Å²) in [7, 11) is 3.63. The Balaban J connectivity index is 2.17. The molecule has 198 valence electrons. The summed E-state index contributed by atoms with van der Waals surface area (Å²) in [5.41, 5.74) is 7.88. The van der Waals surface area contributed by atoms with Gasteiger partial charge in [-0.3, -0.25) is 0 Å². The lowest BCUT2D eigenvalue weighted by Gasteiger charge is -2.24. The Morgan fingerprint density at radius 2 is 0.833 bits per heavy atom. The molecular weight excluding hydrogens is 440 g/mol. The molecule has 0 N–H and O–H groups in total. The van der Waals surface area contributed by atoms with Crippen molar-refractivity contribution in [1.29, 1.82) is 0 Å². The molecule has 3 rings (SSSR count). The first-order chi connectivity index (χ1) is 17.0. The van der Waals surface area contributed by atoms with E-state index in [-0.39, 0.29) is 10.8 Å². The molecule has 2 heteroatoms. The fourth-order valence-electron chi connectivity index (χ4n) is 5.28. The third-order valence-corrected chi connectivity index (χ3v) is 7.61. The zero-order valence-corrected chi connectivity index (χ0v) is 24.4. The summed E-state index contributed by atoms with van der Waals surface area (Å²) in [6, 6.07) is 9.40. The Morgan fingerprint density at radius 3 is 1.14 bits per heavy atom. The standard InChI is InChI=1S/C34H50O2/c1-33(2,3)29-21-25-17-15-13-11-9-10-12-14-16-18-26-22-30(34(4,5)6)24-28(32(26)36-8)20-19-27(23-29)31(25)35-7/h19-24H,9-18H2,1-8H3/b20-19+. The number of methoxy groups -OCH3 is 2. The van der Waals surface area contributed by atoms with Gasteiger partial charge in [-0.1, -0.05) is 104 Å². The van der Waals surface area contributed by atoms with E-state index in [1.54, 1.807) is 0 Å². The van der Waals surface area contributed by atoms with Crippen molar-refractivity contribution in [3.8, 4) is 11.5 Å². The zero-order chi connectivity index (χ0) is 26.3. The van der Waals surface area contributed by atoms with Crippen molar-refractivity contribution in [2.24, 2.45) is 0 Å². The molecule has 0 saturated carbocycles. The van der Waals surface area contributed by atoms with Gasteiger partial charge in [0, 0.05) is 11.1 Å². The highest BCUT2D eigenvalue weighted by molar-refractivity contribution is 5.77. The van der Waals surface area contributed by atoms with Crippen molar-refractivity contribution in [1.82, 2.24) is 0 Å². The number of hydrogen-bond acceptors (Lipinski definition) is 2. The number of fused-ring (bicyclic) bond motifs is 4. The predicted molar refractivity (Wildman–Crippen MR) is 157 cm³/mol. The molecule has 0 radical (unpaired) electrons. The van der Waals surface area contributed by atoms with E-state index in [4.69, 9.17) is 9.47 Å². The lowest BCUT2D eigenvalue weighted by Crippen LogP contribution is -2.13. The van der Waals surface area contributed by atoms with Crippen LogP contribution in [0.2, 0.25) is 0 Å². The Labute approximate surface area is 221 Å². The summed E-state index contributed by atoms with van der Waals surface area (Å²) in [6.45, 7) is 13.8. The largest absolute Gasteiger partial charge is 0.496 e. The molecule has 2 aromatic carbocycles. The van der Waals surface area contributed by atoms with Gasteiger partial charge >= 0.3 is 0 Å². The molecule has 0 fully saturated rings. The second-order valence-electron chi connectivity index (χ2n) is 12.7. The predicted octanol–water partition coefficient (Wildman–Crippen LogP) is 9.69.